The molecule has 5 heteroatoms. The minimum Gasteiger partial charge on any atom is -0.393 e. The van der Waals surface area contributed by atoms with Crippen LogP contribution in [0.15, 0.2) is 0 Å². The number of piperidine rings is 1. The van der Waals surface area contributed by atoms with Crippen molar-refractivity contribution in [3.8, 4) is 0 Å². The largest absolute Gasteiger partial charge is 0.393 e. The van der Waals surface area contributed by atoms with Crippen molar-refractivity contribution in [2.75, 3.05) is 20.2 Å². The smallest absolute Gasteiger partial charge is 0.254 e. The summed E-state index contributed by atoms with van der Waals surface area (Å²) in [4.78, 5) is 14.5. The third-order valence-corrected chi connectivity index (χ3v) is 3.54. The Morgan fingerprint density at radius 2 is 1.94 bits per heavy atom. The molecule has 0 aromatic carbocycles. The Balaban J connectivity index is 2.54. The summed E-state index contributed by atoms with van der Waals surface area (Å²) >= 11 is 4.97. The molecule has 1 rings (SSSR count). The Kier molecular flexibility index (Phi) is 4.27. The number of methoxy groups -OCH3 is 1. The van der Waals surface area contributed by atoms with Crippen LogP contribution in [-0.4, -0.2) is 41.6 Å². The number of likely N-dealkylation sites (tertiary alicyclic amines) is 1. The van der Waals surface area contributed by atoms with Gasteiger partial charge in [-0.05, 0) is 26.7 Å². The van der Waals surface area contributed by atoms with Crippen LogP contribution in [0.2, 0.25) is 0 Å². The van der Waals surface area contributed by atoms with Crippen LogP contribution in [0, 0.1) is 5.92 Å². The average molecular weight is 244 g/mol. The maximum Gasteiger partial charge on any atom is 0.254 e. The lowest BCUT2D eigenvalue weighted by Gasteiger charge is -2.36. The minimum absolute atomic E-state index is 0.0383. The molecule has 16 heavy (non-hydrogen) atoms. The van der Waals surface area contributed by atoms with Gasteiger partial charge in [0.05, 0.1) is 4.99 Å². The highest BCUT2D eigenvalue weighted by Gasteiger charge is 2.34. The lowest BCUT2D eigenvalue weighted by atomic mass is 9.95. The molecule has 92 valence electrons. The van der Waals surface area contributed by atoms with Gasteiger partial charge in [-0.15, -0.1) is 0 Å². The van der Waals surface area contributed by atoms with E-state index in [4.69, 9.17) is 22.7 Å². The SMILES string of the molecule is COC(C)(C)C(=O)N1CCC(C(N)=S)CC1. The summed E-state index contributed by atoms with van der Waals surface area (Å²) in [5.41, 5.74) is 4.86. The van der Waals surface area contributed by atoms with Crippen molar-refractivity contribution < 1.29 is 9.53 Å². The Morgan fingerprint density at radius 3 is 2.31 bits per heavy atom. The summed E-state index contributed by atoms with van der Waals surface area (Å²) in [6, 6.07) is 0. The van der Waals surface area contributed by atoms with Crippen molar-refractivity contribution >= 4 is 23.1 Å². The predicted octanol–water partition coefficient (Wildman–Crippen LogP) is 0.936. The molecule has 1 saturated heterocycles. The van der Waals surface area contributed by atoms with Gasteiger partial charge >= 0.3 is 0 Å². The van der Waals surface area contributed by atoms with Crippen molar-refractivity contribution in [2.24, 2.45) is 11.7 Å². The third kappa shape index (κ3) is 2.92. The van der Waals surface area contributed by atoms with Gasteiger partial charge in [-0.3, -0.25) is 4.79 Å². The zero-order chi connectivity index (χ0) is 12.3. The van der Waals surface area contributed by atoms with E-state index in [1.165, 1.54) is 0 Å². The second kappa shape index (κ2) is 5.10. The number of hydrogen-bond acceptors (Lipinski definition) is 3. The number of nitrogens with two attached hydrogens (primary N) is 1. The molecule has 0 aromatic rings. The van der Waals surface area contributed by atoms with E-state index < -0.39 is 5.60 Å². The normalized spacial score (nSPS) is 18.6. The first-order valence-corrected chi connectivity index (χ1v) is 5.93. The molecule has 0 bridgehead atoms. The third-order valence-electron chi connectivity index (χ3n) is 3.21. The van der Waals surface area contributed by atoms with Crippen LogP contribution < -0.4 is 5.73 Å². The van der Waals surface area contributed by atoms with Crippen LogP contribution in [0.1, 0.15) is 26.7 Å². The van der Waals surface area contributed by atoms with Gasteiger partial charge in [0.1, 0.15) is 5.60 Å². The van der Waals surface area contributed by atoms with Crippen LogP contribution in [0.4, 0.5) is 0 Å². The molecule has 1 aliphatic heterocycles. The van der Waals surface area contributed by atoms with Gasteiger partial charge in [-0.25, -0.2) is 0 Å². The van der Waals surface area contributed by atoms with Crippen molar-refractivity contribution in [2.45, 2.75) is 32.3 Å². The summed E-state index contributed by atoms with van der Waals surface area (Å²) in [6.07, 6.45) is 1.72. The fourth-order valence-corrected chi connectivity index (χ4v) is 2.07. The second-order valence-corrected chi connectivity index (χ2v) is 5.15. The maximum atomic E-state index is 12.1. The van der Waals surface area contributed by atoms with Crippen molar-refractivity contribution in [3.05, 3.63) is 0 Å². The van der Waals surface area contributed by atoms with Crippen molar-refractivity contribution in [1.29, 1.82) is 0 Å². The average Bonchev–Trinajstić information content (AvgIpc) is 2.28. The molecule has 0 saturated carbocycles. The Hall–Kier alpha value is -0.680. The van der Waals surface area contributed by atoms with Gasteiger partial charge in [-0.2, -0.15) is 0 Å². The van der Waals surface area contributed by atoms with Gasteiger partial charge in [-0.1, -0.05) is 12.2 Å². The molecule has 1 aliphatic rings. The van der Waals surface area contributed by atoms with Crippen LogP contribution in [0.3, 0.4) is 0 Å². The van der Waals surface area contributed by atoms with E-state index in [2.05, 4.69) is 0 Å². The molecule has 1 heterocycles. The zero-order valence-electron chi connectivity index (χ0n) is 10.2. The number of hydrogen-bond donors (Lipinski definition) is 1. The maximum absolute atomic E-state index is 12.1. The van der Waals surface area contributed by atoms with E-state index in [9.17, 15) is 4.79 Å². The monoisotopic (exact) mass is 244 g/mol. The molecule has 2 N–H and O–H groups in total. The number of rotatable bonds is 3. The highest BCUT2D eigenvalue weighted by molar-refractivity contribution is 7.80. The summed E-state index contributed by atoms with van der Waals surface area (Å²) in [5.74, 6) is 0.320. The molecule has 0 unspecified atom stereocenters. The highest BCUT2D eigenvalue weighted by atomic mass is 32.1. The number of nitrogens with zero attached hydrogens (tertiary/aromatic N) is 1. The Morgan fingerprint density at radius 1 is 1.44 bits per heavy atom. The molecule has 0 radical (unpaired) electrons. The number of amides is 1. The number of carbonyl (C=O) groups excluding carboxylic acids is 1. The molecule has 1 amide bonds. The number of carbonyl (C=O) groups is 1. The first-order valence-electron chi connectivity index (χ1n) is 5.52. The van der Waals surface area contributed by atoms with Crippen molar-refractivity contribution in [1.82, 2.24) is 4.90 Å². The molecular formula is C11H20N2O2S. The standard InChI is InChI=1S/C11H20N2O2S/c1-11(2,15-3)10(14)13-6-4-8(5-7-13)9(12)16/h8H,4-7H2,1-3H3,(H2,12,16). The molecule has 0 aliphatic carbocycles. The van der Waals surface area contributed by atoms with Crippen LogP contribution in [0.5, 0.6) is 0 Å². The van der Waals surface area contributed by atoms with E-state index in [0.29, 0.717) is 18.1 Å². The van der Waals surface area contributed by atoms with E-state index in [1.807, 2.05) is 4.90 Å². The van der Waals surface area contributed by atoms with Crippen LogP contribution in [-0.2, 0) is 9.53 Å². The van der Waals surface area contributed by atoms with E-state index in [0.717, 1.165) is 12.8 Å². The fourth-order valence-electron chi connectivity index (χ4n) is 1.84. The molecule has 1 fully saturated rings. The molecular weight excluding hydrogens is 224 g/mol. The Bertz CT molecular complexity index is 284. The summed E-state index contributed by atoms with van der Waals surface area (Å²) < 4.78 is 5.19. The van der Waals surface area contributed by atoms with E-state index in [1.54, 1.807) is 21.0 Å². The minimum atomic E-state index is -0.740. The van der Waals surface area contributed by atoms with Gasteiger partial charge in [0.15, 0.2) is 0 Å². The van der Waals surface area contributed by atoms with Crippen LogP contribution in [0.25, 0.3) is 0 Å². The van der Waals surface area contributed by atoms with E-state index in [-0.39, 0.29) is 11.8 Å². The van der Waals surface area contributed by atoms with Crippen LogP contribution >= 0.6 is 12.2 Å². The first-order chi connectivity index (χ1) is 7.38. The molecule has 4 nitrogen and oxygen atoms in total. The van der Waals surface area contributed by atoms with Gasteiger partial charge in [0, 0.05) is 26.1 Å². The van der Waals surface area contributed by atoms with E-state index >= 15 is 0 Å². The number of ether oxygens (including phenoxy) is 1. The zero-order valence-corrected chi connectivity index (χ0v) is 11.0. The molecule has 0 spiro atoms. The van der Waals surface area contributed by atoms with Gasteiger partial charge in [0.25, 0.3) is 5.91 Å². The summed E-state index contributed by atoms with van der Waals surface area (Å²) in [7, 11) is 1.56. The van der Waals surface area contributed by atoms with Gasteiger partial charge < -0.3 is 15.4 Å². The van der Waals surface area contributed by atoms with Gasteiger partial charge in [0.2, 0.25) is 0 Å². The lowest BCUT2D eigenvalue weighted by molar-refractivity contribution is -0.152. The topological polar surface area (TPSA) is 55.6 Å². The second-order valence-electron chi connectivity index (χ2n) is 4.68. The van der Waals surface area contributed by atoms with Crippen molar-refractivity contribution in [3.63, 3.8) is 0 Å². The quantitative estimate of drug-likeness (QED) is 0.751. The highest BCUT2D eigenvalue weighted by Crippen LogP contribution is 2.21. The molecule has 0 aromatic heterocycles. The first kappa shape index (κ1) is 13.4. The summed E-state index contributed by atoms with van der Waals surface area (Å²) in [6.45, 7) is 5.01. The number of thiocarbonyl (C=S) groups is 1. The molecule has 0 atom stereocenters. The summed E-state index contributed by atoms with van der Waals surface area (Å²) in [5, 5.41) is 0. The Labute approximate surface area is 102 Å². The predicted molar refractivity (Wildman–Crippen MR) is 67.2 cm³/mol. The fraction of sp³-hybridized carbons (Fsp3) is 0.818. The lowest BCUT2D eigenvalue weighted by Crippen LogP contribution is -2.50.